The molecule has 2 bridgehead atoms. The summed E-state index contributed by atoms with van der Waals surface area (Å²) in [5.74, 6) is 1.21. The van der Waals surface area contributed by atoms with Crippen molar-refractivity contribution in [2.75, 3.05) is 4.90 Å². The number of fused-ring (bicyclic) bond motifs is 2. The van der Waals surface area contributed by atoms with Gasteiger partial charge in [0, 0.05) is 35.9 Å². The molecule has 0 spiro atoms. The van der Waals surface area contributed by atoms with E-state index in [0.717, 1.165) is 42.6 Å². The van der Waals surface area contributed by atoms with E-state index in [2.05, 4.69) is 35.6 Å². The van der Waals surface area contributed by atoms with Gasteiger partial charge < -0.3 is 15.3 Å². The molecule has 3 N–H and O–H groups in total. The number of nitrogens with one attached hydrogen (secondary N) is 2. The minimum Gasteiger partial charge on any atom is -0.507 e. The monoisotopic (exact) mass is 421 g/mol. The van der Waals surface area contributed by atoms with Crippen LogP contribution in [0.4, 0.5) is 10.2 Å². The molecule has 1 aliphatic carbocycles. The summed E-state index contributed by atoms with van der Waals surface area (Å²) in [6.07, 6.45) is 9.02. The van der Waals surface area contributed by atoms with E-state index in [1.807, 2.05) is 6.07 Å². The van der Waals surface area contributed by atoms with Gasteiger partial charge in [0.05, 0.1) is 18.0 Å². The highest BCUT2D eigenvalue weighted by Crippen LogP contribution is 2.39. The summed E-state index contributed by atoms with van der Waals surface area (Å²) in [4.78, 5) is 6.82. The smallest absolute Gasteiger partial charge is 0.185 e. The van der Waals surface area contributed by atoms with Gasteiger partial charge in [-0.15, -0.1) is 10.2 Å². The van der Waals surface area contributed by atoms with Crippen LogP contribution in [0.2, 0.25) is 0 Å². The number of aromatic nitrogens is 5. The van der Waals surface area contributed by atoms with Crippen LogP contribution < -0.4 is 10.2 Å². The number of H-pyrrole nitrogens is 1. The molecule has 2 aliphatic heterocycles. The van der Waals surface area contributed by atoms with Crippen LogP contribution >= 0.6 is 0 Å². The molecule has 1 saturated carbocycles. The standard InChI is InChI=1S/C22H24FN7O/c23-18-7-14-6-16(8-19(18)27-14)30(15-2-3-15)21-11-24-22(29-28-21)17-4-1-12(5-20(17)31)13-9-25-26-10-13/h1,4-5,9-11,14-16,18-19,27,31H,2-3,6-8H2,(H,25,26)/t14-,16+,18-,19+/m0/s1. The lowest BCUT2D eigenvalue weighted by Gasteiger charge is -2.38. The zero-order valence-corrected chi connectivity index (χ0v) is 16.9. The van der Waals surface area contributed by atoms with E-state index in [1.54, 1.807) is 30.7 Å². The lowest BCUT2D eigenvalue weighted by molar-refractivity contribution is 0.271. The predicted molar refractivity (Wildman–Crippen MR) is 113 cm³/mol. The molecule has 1 aromatic carbocycles. The molecule has 4 atom stereocenters. The molecule has 3 fully saturated rings. The Morgan fingerprint density at radius 3 is 2.61 bits per heavy atom. The first kappa shape index (κ1) is 18.7. The number of anilines is 1. The second-order valence-electron chi connectivity index (χ2n) is 8.84. The number of phenols is 1. The second-order valence-corrected chi connectivity index (χ2v) is 8.84. The minimum absolute atomic E-state index is 0.0594. The van der Waals surface area contributed by atoms with Gasteiger partial charge in [-0.3, -0.25) is 5.10 Å². The third-order valence-electron chi connectivity index (χ3n) is 6.70. The molecule has 6 rings (SSSR count). The quantitative estimate of drug-likeness (QED) is 0.582. The Labute approximate surface area is 178 Å². The minimum atomic E-state index is -0.754. The van der Waals surface area contributed by atoms with Gasteiger partial charge in [-0.25, -0.2) is 9.37 Å². The Balaban J connectivity index is 1.25. The van der Waals surface area contributed by atoms with E-state index < -0.39 is 6.17 Å². The van der Waals surface area contributed by atoms with Crippen molar-refractivity contribution >= 4 is 5.82 Å². The molecular weight excluding hydrogens is 397 g/mol. The van der Waals surface area contributed by atoms with Gasteiger partial charge in [-0.2, -0.15) is 5.10 Å². The summed E-state index contributed by atoms with van der Waals surface area (Å²) in [6.45, 7) is 0. The molecule has 3 aliphatic rings. The number of rotatable bonds is 5. The number of alkyl halides is 1. The zero-order valence-electron chi connectivity index (χ0n) is 16.9. The largest absolute Gasteiger partial charge is 0.507 e. The van der Waals surface area contributed by atoms with Crippen LogP contribution in [0.1, 0.15) is 32.1 Å². The van der Waals surface area contributed by atoms with Crippen LogP contribution in [0.5, 0.6) is 5.75 Å². The van der Waals surface area contributed by atoms with Crippen LogP contribution in [0.15, 0.2) is 36.8 Å². The molecule has 2 saturated heterocycles. The van der Waals surface area contributed by atoms with Crippen molar-refractivity contribution in [2.24, 2.45) is 0 Å². The highest BCUT2D eigenvalue weighted by atomic mass is 19.1. The molecule has 4 heterocycles. The SMILES string of the molecule is Oc1cc(-c2cn[nH]c2)ccc1-c1ncc(N(C2CC2)[C@@H]2C[C@H]3C[C@H](F)[C@@H](C2)N3)nn1. The molecule has 9 heteroatoms. The number of halogens is 1. The molecule has 2 aromatic heterocycles. The third-order valence-corrected chi connectivity index (χ3v) is 6.70. The second kappa shape index (κ2) is 7.26. The summed E-state index contributed by atoms with van der Waals surface area (Å²) in [5.41, 5.74) is 2.28. The summed E-state index contributed by atoms with van der Waals surface area (Å²) in [7, 11) is 0. The molecule has 160 valence electrons. The summed E-state index contributed by atoms with van der Waals surface area (Å²) >= 11 is 0. The van der Waals surface area contributed by atoms with Crippen LogP contribution in [0.3, 0.4) is 0 Å². The lowest BCUT2D eigenvalue weighted by Crippen LogP contribution is -2.50. The van der Waals surface area contributed by atoms with Crippen LogP contribution in [0, 0.1) is 0 Å². The molecule has 3 aromatic rings. The summed E-state index contributed by atoms with van der Waals surface area (Å²) in [6, 6.07) is 6.23. The van der Waals surface area contributed by atoms with Crippen molar-refractivity contribution in [1.82, 2.24) is 30.7 Å². The maximum Gasteiger partial charge on any atom is 0.185 e. The van der Waals surface area contributed by atoms with E-state index in [9.17, 15) is 9.50 Å². The number of hydrogen-bond acceptors (Lipinski definition) is 7. The number of aromatic hydroxyl groups is 1. The topological polar surface area (TPSA) is 103 Å². The lowest BCUT2D eigenvalue weighted by atomic mass is 9.98. The summed E-state index contributed by atoms with van der Waals surface area (Å²) in [5, 5.41) is 29.4. The van der Waals surface area contributed by atoms with E-state index in [0.29, 0.717) is 23.9 Å². The summed E-state index contributed by atoms with van der Waals surface area (Å²) < 4.78 is 14.2. The number of aromatic amines is 1. The fraction of sp³-hybridized carbons (Fsp3) is 0.455. The average Bonchev–Trinajstić information content (AvgIpc) is 3.37. The van der Waals surface area contributed by atoms with Crippen LogP contribution in [-0.2, 0) is 0 Å². The van der Waals surface area contributed by atoms with Gasteiger partial charge in [0.1, 0.15) is 11.9 Å². The van der Waals surface area contributed by atoms with E-state index >= 15 is 0 Å². The maximum atomic E-state index is 14.2. The number of nitrogens with zero attached hydrogens (tertiary/aromatic N) is 5. The van der Waals surface area contributed by atoms with E-state index in [-0.39, 0.29) is 23.9 Å². The molecule has 8 nitrogen and oxygen atoms in total. The van der Waals surface area contributed by atoms with Crippen molar-refractivity contribution in [3.63, 3.8) is 0 Å². The normalized spacial score (nSPS) is 27.4. The molecule has 31 heavy (non-hydrogen) atoms. The molecular formula is C22H24FN7O. The Morgan fingerprint density at radius 2 is 1.94 bits per heavy atom. The van der Waals surface area contributed by atoms with Crippen molar-refractivity contribution < 1.29 is 9.50 Å². The van der Waals surface area contributed by atoms with Gasteiger partial charge in [0.25, 0.3) is 0 Å². The van der Waals surface area contributed by atoms with E-state index in [4.69, 9.17) is 0 Å². The first-order valence-electron chi connectivity index (χ1n) is 10.9. The first-order chi connectivity index (χ1) is 15.2. The van der Waals surface area contributed by atoms with Crippen molar-refractivity contribution in [1.29, 1.82) is 0 Å². The van der Waals surface area contributed by atoms with Crippen molar-refractivity contribution in [3.05, 3.63) is 36.8 Å². The number of piperidine rings is 1. The fourth-order valence-corrected chi connectivity index (χ4v) is 5.08. The Morgan fingerprint density at radius 1 is 1.03 bits per heavy atom. The number of benzene rings is 1. The maximum absolute atomic E-state index is 14.2. The van der Waals surface area contributed by atoms with Gasteiger partial charge >= 0.3 is 0 Å². The number of hydrogen-bond donors (Lipinski definition) is 3. The third kappa shape index (κ3) is 3.42. The average molecular weight is 421 g/mol. The molecule has 0 radical (unpaired) electrons. The molecule has 0 unspecified atom stereocenters. The van der Waals surface area contributed by atoms with Crippen LogP contribution in [-0.4, -0.2) is 60.8 Å². The fourth-order valence-electron chi connectivity index (χ4n) is 5.08. The highest BCUT2D eigenvalue weighted by molar-refractivity contribution is 5.72. The molecule has 0 amide bonds. The Bertz CT molecular complexity index is 1070. The van der Waals surface area contributed by atoms with Crippen molar-refractivity contribution in [3.8, 4) is 28.3 Å². The number of phenolic OH excluding ortho intramolecular Hbond substituents is 1. The van der Waals surface area contributed by atoms with Gasteiger partial charge in [-0.05, 0) is 49.8 Å². The Kier molecular flexibility index (Phi) is 4.38. The van der Waals surface area contributed by atoms with Crippen molar-refractivity contribution in [2.45, 2.75) is 62.4 Å². The van der Waals surface area contributed by atoms with Gasteiger partial charge in [-0.1, -0.05) is 6.07 Å². The van der Waals surface area contributed by atoms with E-state index in [1.165, 1.54) is 0 Å². The predicted octanol–water partition coefficient (Wildman–Crippen LogP) is 2.83. The highest BCUT2D eigenvalue weighted by Gasteiger charge is 2.45. The first-order valence-corrected chi connectivity index (χ1v) is 10.9. The Hall–Kier alpha value is -3.07. The van der Waals surface area contributed by atoms with Gasteiger partial charge in [0.15, 0.2) is 11.6 Å². The van der Waals surface area contributed by atoms with Gasteiger partial charge in [0.2, 0.25) is 0 Å². The van der Waals surface area contributed by atoms with Crippen LogP contribution in [0.25, 0.3) is 22.5 Å². The zero-order chi connectivity index (χ0) is 20.9.